The lowest BCUT2D eigenvalue weighted by Gasteiger charge is -2.37. The first-order chi connectivity index (χ1) is 9.58. The number of nitrogens with one attached hydrogen (secondary N) is 1. The van der Waals surface area contributed by atoms with E-state index in [1.54, 1.807) is 0 Å². The Morgan fingerprint density at radius 1 is 1.10 bits per heavy atom. The maximum absolute atomic E-state index is 12.3. The summed E-state index contributed by atoms with van der Waals surface area (Å²) in [5.41, 5.74) is 5.97. The van der Waals surface area contributed by atoms with Crippen LogP contribution in [0.3, 0.4) is 0 Å². The molecule has 2 aliphatic rings. The summed E-state index contributed by atoms with van der Waals surface area (Å²) in [6.45, 7) is 6.15. The van der Waals surface area contributed by atoms with Crippen molar-refractivity contribution in [2.75, 3.05) is 13.1 Å². The van der Waals surface area contributed by atoms with E-state index in [1.807, 2.05) is 6.92 Å². The number of hydrogen-bond donors (Lipinski definition) is 2. The normalized spacial score (nSPS) is 24.9. The van der Waals surface area contributed by atoms with Gasteiger partial charge < -0.3 is 11.1 Å². The molecule has 1 saturated carbocycles. The molecule has 2 unspecified atom stereocenters. The molecule has 1 aliphatic carbocycles. The Morgan fingerprint density at radius 3 is 2.19 bits per heavy atom. The van der Waals surface area contributed by atoms with E-state index < -0.39 is 0 Å². The van der Waals surface area contributed by atoms with E-state index in [-0.39, 0.29) is 30.4 Å². The topological polar surface area (TPSA) is 58.4 Å². The molecule has 1 aliphatic heterocycles. The van der Waals surface area contributed by atoms with Gasteiger partial charge in [-0.1, -0.05) is 19.3 Å². The highest BCUT2D eigenvalue weighted by Crippen LogP contribution is 2.22. The Hall–Kier alpha value is -0.320. The molecule has 0 aromatic carbocycles. The van der Waals surface area contributed by atoms with Gasteiger partial charge in [-0.15, -0.1) is 12.4 Å². The Bertz CT molecular complexity index is 311. The molecule has 0 bridgehead atoms. The van der Waals surface area contributed by atoms with Crippen LogP contribution in [-0.2, 0) is 4.79 Å². The van der Waals surface area contributed by atoms with Crippen molar-refractivity contribution < 1.29 is 4.79 Å². The van der Waals surface area contributed by atoms with Crippen LogP contribution in [0.2, 0.25) is 0 Å². The second-order valence-corrected chi connectivity index (χ2v) is 6.75. The number of carbonyl (C=O) groups is 1. The molecule has 4 nitrogen and oxygen atoms in total. The van der Waals surface area contributed by atoms with E-state index in [2.05, 4.69) is 17.1 Å². The first-order valence-corrected chi connectivity index (χ1v) is 8.38. The number of piperidine rings is 1. The fraction of sp³-hybridized carbons (Fsp3) is 0.938. The molecular formula is C16H32ClN3O. The van der Waals surface area contributed by atoms with Crippen LogP contribution in [0.25, 0.3) is 0 Å². The van der Waals surface area contributed by atoms with Gasteiger partial charge in [0.1, 0.15) is 0 Å². The van der Waals surface area contributed by atoms with Crippen LogP contribution in [0.15, 0.2) is 0 Å². The molecule has 1 saturated heterocycles. The van der Waals surface area contributed by atoms with Crippen LogP contribution in [0.4, 0.5) is 0 Å². The van der Waals surface area contributed by atoms with Crippen LogP contribution < -0.4 is 11.1 Å². The van der Waals surface area contributed by atoms with Crippen molar-refractivity contribution in [3.05, 3.63) is 0 Å². The number of rotatable bonds is 4. The summed E-state index contributed by atoms with van der Waals surface area (Å²) in [5, 5.41) is 3.24. The molecule has 0 radical (unpaired) electrons. The number of nitrogens with two attached hydrogens (primary N) is 1. The summed E-state index contributed by atoms with van der Waals surface area (Å²) >= 11 is 0. The molecule has 21 heavy (non-hydrogen) atoms. The van der Waals surface area contributed by atoms with Gasteiger partial charge in [-0.05, 0) is 58.5 Å². The van der Waals surface area contributed by atoms with E-state index in [9.17, 15) is 4.79 Å². The highest BCUT2D eigenvalue weighted by atomic mass is 35.5. The fourth-order valence-electron chi connectivity index (χ4n) is 3.57. The SMILES string of the molecule is CC(N)C1CCN(C(C)C(=O)NC2CCCCC2)CC1.Cl. The minimum Gasteiger partial charge on any atom is -0.352 e. The van der Waals surface area contributed by atoms with Crippen LogP contribution in [-0.4, -0.2) is 42.0 Å². The third-order valence-corrected chi connectivity index (χ3v) is 5.20. The lowest BCUT2D eigenvalue weighted by Crippen LogP contribution is -2.51. The van der Waals surface area contributed by atoms with Gasteiger partial charge in [0, 0.05) is 12.1 Å². The maximum Gasteiger partial charge on any atom is 0.237 e. The highest BCUT2D eigenvalue weighted by Gasteiger charge is 2.29. The zero-order chi connectivity index (χ0) is 14.5. The molecule has 0 spiro atoms. The van der Waals surface area contributed by atoms with Crippen molar-refractivity contribution >= 4 is 18.3 Å². The molecule has 124 valence electrons. The largest absolute Gasteiger partial charge is 0.352 e. The Labute approximate surface area is 135 Å². The molecule has 2 rings (SSSR count). The lowest BCUT2D eigenvalue weighted by atomic mass is 9.90. The first kappa shape index (κ1) is 18.7. The number of likely N-dealkylation sites (tertiary alicyclic amines) is 1. The van der Waals surface area contributed by atoms with E-state index >= 15 is 0 Å². The lowest BCUT2D eigenvalue weighted by molar-refractivity contribution is -0.127. The van der Waals surface area contributed by atoms with Gasteiger partial charge in [-0.2, -0.15) is 0 Å². The third-order valence-electron chi connectivity index (χ3n) is 5.20. The van der Waals surface area contributed by atoms with Crippen LogP contribution in [0.5, 0.6) is 0 Å². The Morgan fingerprint density at radius 2 is 1.67 bits per heavy atom. The van der Waals surface area contributed by atoms with Gasteiger partial charge >= 0.3 is 0 Å². The average Bonchev–Trinajstić information content (AvgIpc) is 2.47. The van der Waals surface area contributed by atoms with E-state index in [1.165, 1.54) is 19.3 Å². The van der Waals surface area contributed by atoms with Gasteiger partial charge in [0.15, 0.2) is 0 Å². The van der Waals surface area contributed by atoms with Crippen molar-refractivity contribution in [2.45, 2.75) is 76.9 Å². The van der Waals surface area contributed by atoms with E-state index in [0.29, 0.717) is 12.0 Å². The monoisotopic (exact) mass is 317 g/mol. The van der Waals surface area contributed by atoms with Gasteiger partial charge in [0.25, 0.3) is 0 Å². The smallest absolute Gasteiger partial charge is 0.237 e. The number of amides is 1. The summed E-state index contributed by atoms with van der Waals surface area (Å²) in [6, 6.07) is 0.704. The summed E-state index contributed by atoms with van der Waals surface area (Å²) in [6.07, 6.45) is 8.42. The standard InChI is InChI=1S/C16H31N3O.ClH/c1-12(17)14-8-10-19(11-9-14)13(2)16(20)18-15-6-4-3-5-7-15;/h12-15H,3-11,17H2,1-2H3,(H,18,20);1H. The van der Waals surface area contributed by atoms with E-state index in [0.717, 1.165) is 38.8 Å². The molecule has 3 N–H and O–H groups in total. The highest BCUT2D eigenvalue weighted by molar-refractivity contribution is 5.85. The molecule has 0 aromatic rings. The Kier molecular flexibility index (Phi) is 7.99. The van der Waals surface area contributed by atoms with Crippen molar-refractivity contribution in [3.8, 4) is 0 Å². The summed E-state index contributed by atoms with van der Waals surface area (Å²) in [4.78, 5) is 14.7. The van der Waals surface area contributed by atoms with Crippen LogP contribution in [0.1, 0.15) is 58.8 Å². The number of hydrogen-bond acceptors (Lipinski definition) is 3. The predicted octanol–water partition coefficient (Wildman–Crippen LogP) is 2.30. The number of nitrogens with zero attached hydrogens (tertiary/aromatic N) is 1. The van der Waals surface area contributed by atoms with Gasteiger partial charge in [0.2, 0.25) is 5.91 Å². The second-order valence-electron chi connectivity index (χ2n) is 6.75. The second kappa shape index (κ2) is 8.96. The van der Waals surface area contributed by atoms with Crippen LogP contribution >= 0.6 is 12.4 Å². The molecule has 5 heteroatoms. The molecule has 1 amide bonds. The zero-order valence-corrected chi connectivity index (χ0v) is 14.3. The average molecular weight is 318 g/mol. The molecule has 2 fully saturated rings. The number of halogens is 1. The quantitative estimate of drug-likeness (QED) is 0.836. The van der Waals surface area contributed by atoms with Crippen molar-refractivity contribution in [1.29, 1.82) is 0 Å². The molecular weight excluding hydrogens is 286 g/mol. The maximum atomic E-state index is 12.3. The minimum absolute atomic E-state index is 0. The fourth-order valence-corrected chi connectivity index (χ4v) is 3.57. The van der Waals surface area contributed by atoms with Gasteiger partial charge in [0.05, 0.1) is 6.04 Å². The molecule has 2 atom stereocenters. The predicted molar refractivity (Wildman–Crippen MR) is 89.7 cm³/mol. The van der Waals surface area contributed by atoms with Gasteiger partial charge in [-0.3, -0.25) is 9.69 Å². The zero-order valence-electron chi connectivity index (χ0n) is 13.5. The van der Waals surface area contributed by atoms with Crippen LogP contribution in [0, 0.1) is 5.92 Å². The summed E-state index contributed by atoms with van der Waals surface area (Å²) in [5.74, 6) is 0.844. The third kappa shape index (κ3) is 5.42. The first-order valence-electron chi connectivity index (χ1n) is 8.38. The van der Waals surface area contributed by atoms with Crippen molar-refractivity contribution in [2.24, 2.45) is 11.7 Å². The molecule has 0 aromatic heterocycles. The van der Waals surface area contributed by atoms with Crippen molar-refractivity contribution in [3.63, 3.8) is 0 Å². The molecule has 1 heterocycles. The van der Waals surface area contributed by atoms with Gasteiger partial charge in [-0.25, -0.2) is 0 Å². The Balaban J connectivity index is 0.00000220. The number of carbonyl (C=O) groups excluding carboxylic acids is 1. The minimum atomic E-state index is 0. The summed E-state index contributed by atoms with van der Waals surface area (Å²) < 4.78 is 0. The van der Waals surface area contributed by atoms with Crippen molar-refractivity contribution in [1.82, 2.24) is 10.2 Å². The van der Waals surface area contributed by atoms with E-state index in [4.69, 9.17) is 5.73 Å². The summed E-state index contributed by atoms with van der Waals surface area (Å²) in [7, 11) is 0.